The molecule has 2 aromatic carbocycles. The molecule has 0 spiro atoms. The van der Waals surface area contributed by atoms with Crippen LogP contribution in [0.5, 0.6) is 11.5 Å². The van der Waals surface area contributed by atoms with Gasteiger partial charge in [-0.1, -0.05) is 6.07 Å². The molecule has 0 aliphatic carbocycles. The fourth-order valence-corrected chi connectivity index (χ4v) is 2.94. The molecule has 4 aromatic rings. The third-order valence-corrected chi connectivity index (χ3v) is 4.50. The SMILES string of the molecule is COc1ccc(-c2nc3cnc(Nc4cccc(OC)c4)nc3n(C)c2=O)cc1. The number of aromatic nitrogens is 4. The van der Waals surface area contributed by atoms with Gasteiger partial charge in [0.25, 0.3) is 5.56 Å². The molecule has 0 radical (unpaired) electrons. The lowest BCUT2D eigenvalue weighted by atomic mass is 10.1. The average Bonchev–Trinajstić information content (AvgIpc) is 2.77. The molecule has 29 heavy (non-hydrogen) atoms. The van der Waals surface area contributed by atoms with Gasteiger partial charge in [-0.25, -0.2) is 9.97 Å². The van der Waals surface area contributed by atoms with Crippen LogP contribution in [0.3, 0.4) is 0 Å². The lowest BCUT2D eigenvalue weighted by Crippen LogP contribution is -2.22. The van der Waals surface area contributed by atoms with Gasteiger partial charge < -0.3 is 14.8 Å². The third kappa shape index (κ3) is 3.60. The largest absolute Gasteiger partial charge is 0.497 e. The molecule has 8 nitrogen and oxygen atoms in total. The molecule has 0 bridgehead atoms. The summed E-state index contributed by atoms with van der Waals surface area (Å²) in [6.45, 7) is 0. The topological polar surface area (TPSA) is 91.2 Å². The second-order valence-electron chi connectivity index (χ2n) is 6.31. The second kappa shape index (κ2) is 7.59. The van der Waals surface area contributed by atoms with Crippen LogP contribution in [0, 0.1) is 0 Å². The fraction of sp³-hybridized carbons (Fsp3) is 0.143. The van der Waals surface area contributed by atoms with Crippen molar-refractivity contribution in [3.05, 3.63) is 65.1 Å². The van der Waals surface area contributed by atoms with E-state index in [0.717, 1.165) is 5.69 Å². The molecule has 0 amide bonds. The van der Waals surface area contributed by atoms with Crippen LogP contribution in [0.4, 0.5) is 11.6 Å². The van der Waals surface area contributed by atoms with Crippen molar-refractivity contribution in [3.8, 4) is 22.8 Å². The molecule has 0 aliphatic rings. The Morgan fingerprint density at radius 3 is 2.45 bits per heavy atom. The Morgan fingerprint density at radius 2 is 1.72 bits per heavy atom. The highest BCUT2D eigenvalue weighted by Crippen LogP contribution is 2.22. The van der Waals surface area contributed by atoms with Gasteiger partial charge in [0.1, 0.15) is 22.7 Å². The van der Waals surface area contributed by atoms with E-state index in [1.165, 1.54) is 4.57 Å². The summed E-state index contributed by atoms with van der Waals surface area (Å²) in [4.78, 5) is 26.1. The molecule has 2 aromatic heterocycles. The zero-order chi connectivity index (χ0) is 20.4. The van der Waals surface area contributed by atoms with Crippen LogP contribution >= 0.6 is 0 Å². The molecule has 8 heteroatoms. The van der Waals surface area contributed by atoms with Gasteiger partial charge in [0.2, 0.25) is 5.95 Å². The standard InChI is InChI=1S/C21H19N5O3/c1-26-19-17(24-18(20(26)27)13-7-9-15(28-2)10-8-13)12-22-21(25-19)23-14-5-4-6-16(11-14)29-3/h4-12H,1-3H3,(H,22,23,25). The number of rotatable bonds is 5. The van der Waals surface area contributed by atoms with E-state index >= 15 is 0 Å². The van der Waals surface area contributed by atoms with E-state index in [4.69, 9.17) is 9.47 Å². The molecule has 0 fully saturated rings. The molecule has 2 heterocycles. The van der Waals surface area contributed by atoms with E-state index in [-0.39, 0.29) is 5.56 Å². The van der Waals surface area contributed by atoms with Gasteiger partial charge in [0.15, 0.2) is 5.65 Å². The highest BCUT2D eigenvalue weighted by Gasteiger charge is 2.13. The van der Waals surface area contributed by atoms with Crippen molar-refractivity contribution in [1.82, 2.24) is 19.5 Å². The van der Waals surface area contributed by atoms with Crippen molar-refractivity contribution in [2.45, 2.75) is 0 Å². The molecule has 4 rings (SSSR count). The van der Waals surface area contributed by atoms with Gasteiger partial charge in [-0.3, -0.25) is 9.36 Å². The summed E-state index contributed by atoms with van der Waals surface area (Å²) < 4.78 is 11.9. The van der Waals surface area contributed by atoms with Gasteiger partial charge >= 0.3 is 0 Å². The van der Waals surface area contributed by atoms with Crippen LogP contribution in [0.15, 0.2) is 59.5 Å². The van der Waals surface area contributed by atoms with E-state index in [0.29, 0.717) is 39.9 Å². The van der Waals surface area contributed by atoms with Gasteiger partial charge in [0, 0.05) is 24.4 Å². The summed E-state index contributed by atoms with van der Waals surface area (Å²) in [6, 6.07) is 14.6. The summed E-state index contributed by atoms with van der Waals surface area (Å²) in [5, 5.41) is 3.12. The van der Waals surface area contributed by atoms with Crippen molar-refractivity contribution in [2.24, 2.45) is 7.05 Å². The lowest BCUT2D eigenvalue weighted by Gasteiger charge is -2.10. The zero-order valence-corrected chi connectivity index (χ0v) is 16.2. The number of hydrogen-bond acceptors (Lipinski definition) is 7. The monoisotopic (exact) mass is 389 g/mol. The lowest BCUT2D eigenvalue weighted by molar-refractivity contribution is 0.415. The van der Waals surface area contributed by atoms with Crippen molar-refractivity contribution in [1.29, 1.82) is 0 Å². The number of methoxy groups -OCH3 is 2. The number of ether oxygens (including phenoxy) is 2. The molecule has 0 saturated carbocycles. The van der Waals surface area contributed by atoms with E-state index in [1.54, 1.807) is 51.7 Å². The maximum atomic E-state index is 12.9. The van der Waals surface area contributed by atoms with Crippen molar-refractivity contribution >= 4 is 22.8 Å². The maximum absolute atomic E-state index is 12.9. The highest BCUT2D eigenvalue weighted by molar-refractivity contribution is 5.75. The molecule has 0 saturated heterocycles. The summed E-state index contributed by atoms with van der Waals surface area (Å²) in [6.07, 6.45) is 1.59. The number of aryl methyl sites for hydroxylation is 1. The van der Waals surface area contributed by atoms with Gasteiger partial charge in [0.05, 0.1) is 20.4 Å². The second-order valence-corrected chi connectivity index (χ2v) is 6.31. The number of anilines is 2. The summed E-state index contributed by atoms with van der Waals surface area (Å²) in [5.74, 6) is 1.79. The number of fused-ring (bicyclic) bond motifs is 1. The fourth-order valence-electron chi connectivity index (χ4n) is 2.94. The molecule has 0 unspecified atom stereocenters. The van der Waals surface area contributed by atoms with Crippen molar-refractivity contribution < 1.29 is 9.47 Å². The first-order chi connectivity index (χ1) is 14.1. The normalized spacial score (nSPS) is 10.7. The van der Waals surface area contributed by atoms with Gasteiger partial charge in [-0.15, -0.1) is 0 Å². The first-order valence-electron chi connectivity index (χ1n) is 8.88. The zero-order valence-electron chi connectivity index (χ0n) is 16.2. The number of nitrogens with one attached hydrogen (secondary N) is 1. The molecule has 0 atom stereocenters. The first-order valence-corrected chi connectivity index (χ1v) is 8.88. The third-order valence-electron chi connectivity index (χ3n) is 4.50. The predicted octanol–water partition coefficient (Wildman–Crippen LogP) is 3.15. The summed E-state index contributed by atoms with van der Waals surface area (Å²) >= 11 is 0. The van der Waals surface area contributed by atoms with Gasteiger partial charge in [-0.05, 0) is 36.4 Å². The van der Waals surface area contributed by atoms with Crippen LogP contribution in [-0.2, 0) is 7.05 Å². The Morgan fingerprint density at radius 1 is 0.966 bits per heavy atom. The van der Waals surface area contributed by atoms with Crippen LogP contribution in [-0.4, -0.2) is 33.7 Å². The number of hydrogen-bond donors (Lipinski definition) is 1. The smallest absolute Gasteiger partial charge is 0.278 e. The van der Waals surface area contributed by atoms with Crippen LogP contribution < -0.4 is 20.3 Å². The minimum Gasteiger partial charge on any atom is -0.497 e. The van der Waals surface area contributed by atoms with Crippen LogP contribution in [0.1, 0.15) is 0 Å². The quantitative estimate of drug-likeness (QED) is 0.561. The Labute approximate surface area is 166 Å². The molecular formula is C21H19N5O3. The molecule has 1 N–H and O–H groups in total. The van der Waals surface area contributed by atoms with Gasteiger partial charge in [-0.2, -0.15) is 4.98 Å². The van der Waals surface area contributed by atoms with Crippen molar-refractivity contribution in [2.75, 3.05) is 19.5 Å². The molecule has 146 valence electrons. The van der Waals surface area contributed by atoms with Crippen molar-refractivity contribution in [3.63, 3.8) is 0 Å². The molecular weight excluding hydrogens is 370 g/mol. The van der Waals surface area contributed by atoms with E-state index in [1.807, 2.05) is 24.3 Å². The average molecular weight is 389 g/mol. The predicted molar refractivity (Wildman–Crippen MR) is 111 cm³/mol. The van der Waals surface area contributed by atoms with E-state index < -0.39 is 0 Å². The minimum atomic E-state index is -0.242. The van der Waals surface area contributed by atoms with E-state index in [9.17, 15) is 4.79 Å². The summed E-state index contributed by atoms with van der Waals surface area (Å²) in [7, 11) is 4.87. The van der Waals surface area contributed by atoms with E-state index in [2.05, 4.69) is 20.3 Å². The first kappa shape index (κ1) is 18.4. The summed E-state index contributed by atoms with van der Waals surface area (Å²) in [5.41, 5.74) is 2.53. The van der Waals surface area contributed by atoms with Crippen LogP contribution in [0.25, 0.3) is 22.4 Å². The Bertz CT molecular complexity index is 1240. The number of benzene rings is 2. The maximum Gasteiger partial charge on any atom is 0.278 e. The van der Waals surface area contributed by atoms with Crippen LogP contribution in [0.2, 0.25) is 0 Å². The Balaban J connectivity index is 1.74. The molecule has 0 aliphatic heterocycles. The Kier molecular flexibility index (Phi) is 4.82. The minimum absolute atomic E-state index is 0.242. The highest BCUT2D eigenvalue weighted by atomic mass is 16.5. The Hall–Kier alpha value is -3.94. The number of nitrogens with zero attached hydrogens (tertiary/aromatic N) is 4.